The summed E-state index contributed by atoms with van der Waals surface area (Å²) in [6.45, 7) is 0.838. The quantitative estimate of drug-likeness (QED) is 0.607. The molecule has 2 aromatic carbocycles. The molecule has 0 saturated carbocycles. The van der Waals surface area contributed by atoms with Crippen LogP contribution in [-0.2, 0) is 6.61 Å². The molecule has 0 spiro atoms. The van der Waals surface area contributed by atoms with Crippen molar-refractivity contribution in [1.29, 1.82) is 0 Å². The lowest BCUT2D eigenvalue weighted by atomic mass is 10.0. The predicted octanol–water partition coefficient (Wildman–Crippen LogP) is 4.08. The second-order valence-electron chi connectivity index (χ2n) is 5.11. The molecule has 0 aliphatic rings. The maximum absolute atomic E-state index is 12.5. The minimum absolute atomic E-state index is 0.207. The summed E-state index contributed by atoms with van der Waals surface area (Å²) >= 11 is 0. The van der Waals surface area contributed by atoms with E-state index in [0.717, 1.165) is 6.92 Å². The predicted molar refractivity (Wildman–Crippen MR) is 82.2 cm³/mol. The monoisotopic (exact) mass is 371 g/mol. The van der Waals surface area contributed by atoms with Crippen LogP contribution in [0, 0.1) is 17.0 Å². The summed E-state index contributed by atoms with van der Waals surface area (Å²) in [5, 5.41) is 20.6. The second-order valence-corrected chi connectivity index (χ2v) is 5.11. The van der Waals surface area contributed by atoms with Crippen molar-refractivity contribution in [3.63, 3.8) is 0 Å². The number of nitro benzene ring substituents is 1. The summed E-state index contributed by atoms with van der Waals surface area (Å²) in [6.07, 6.45) is -5.14. The van der Waals surface area contributed by atoms with Gasteiger partial charge in [-0.15, -0.1) is 13.2 Å². The van der Waals surface area contributed by atoms with Gasteiger partial charge in [0.2, 0.25) is 5.75 Å². The zero-order valence-electron chi connectivity index (χ0n) is 13.2. The molecule has 0 atom stereocenters. The van der Waals surface area contributed by atoms with Crippen LogP contribution in [0.25, 0.3) is 0 Å². The highest BCUT2D eigenvalue weighted by atomic mass is 19.4. The van der Waals surface area contributed by atoms with Crippen LogP contribution >= 0.6 is 0 Å². The number of hydrogen-bond donors (Lipinski definition) is 1. The molecule has 0 heterocycles. The first-order chi connectivity index (χ1) is 12.1. The topological polar surface area (TPSA) is 98.9 Å². The maximum Gasteiger partial charge on any atom is 0.573 e. The third-order valence-electron chi connectivity index (χ3n) is 3.33. The van der Waals surface area contributed by atoms with Crippen LogP contribution in [0.4, 0.5) is 18.9 Å². The first-order valence-corrected chi connectivity index (χ1v) is 7.08. The van der Waals surface area contributed by atoms with Crippen molar-refractivity contribution >= 4 is 11.7 Å². The molecule has 0 amide bonds. The number of rotatable bonds is 6. The van der Waals surface area contributed by atoms with E-state index in [1.54, 1.807) is 30.3 Å². The Morgan fingerprint density at radius 2 is 1.88 bits per heavy atom. The van der Waals surface area contributed by atoms with Crippen LogP contribution in [0.15, 0.2) is 36.4 Å². The first kappa shape index (κ1) is 19.0. The van der Waals surface area contributed by atoms with Gasteiger partial charge in [0, 0.05) is 5.56 Å². The average Bonchev–Trinajstić information content (AvgIpc) is 2.54. The van der Waals surface area contributed by atoms with Crippen molar-refractivity contribution in [2.75, 3.05) is 0 Å². The van der Waals surface area contributed by atoms with Crippen LogP contribution in [0.5, 0.6) is 11.5 Å². The van der Waals surface area contributed by atoms with Gasteiger partial charge < -0.3 is 14.6 Å². The SMILES string of the molecule is Cc1c(OC(F)(F)F)cc([N+](=O)[O-])c(OCc2ccccc2)c1C(=O)O. The average molecular weight is 371 g/mol. The molecule has 138 valence electrons. The summed E-state index contributed by atoms with van der Waals surface area (Å²) in [5.41, 5.74) is -1.56. The summed E-state index contributed by atoms with van der Waals surface area (Å²) < 4.78 is 46.5. The Morgan fingerprint density at radius 3 is 2.38 bits per heavy atom. The Hall–Kier alpha value is -3.30. The number of nitro groups is 1. The lowest BCUT2D eigenvalue weighted by Gasteiger charge is -2.16. The van der Waals surface area contributed by atoms with E-state index in [4.69, 9.17) is 4.74 Å². The number of hydrogen-bond acceptors (Lipinski definition) is 5. The molecule has 0 aliphatic heterocycles. The zero-order chi connectivity index (χ0) is 19.5. The van der Waals surface area contributed by atoms with Gasteiger partial charge in [0.15, 0.2) is 0 Å². The molecule has 0 aliphatic carbocycles. The first-order valence-electron chi connectivity index (χ1n) is 7.08. The van der Waals surface area contributed by atoms with Gasteiger partial charge in [0.1, 0.15) is 17.9 Å². The van der Waals surface area contributed by atoms with E-state index in [1.807, 2.05) is 0 Å². The summed E-state index contributed by atoms with van der Waals surface area (Å²) in [4.78, 5) is 21.7. The van der Waals surface area contributed by atoms with Crippen molar-refractivity contribution in [1.82, 2.24) is 0 Å². The molecular weight excluding hydrogens is 359 g/mol. The molecule has 1 N–H and O–H groups in total. The molecule has 0 bridgehead atoms. The van der Waals surface area contributed by atoms with Crippen molar-refractivity contribution in [2.45, 2.75) is 19.9 Å². The number of benzene rings is 2. The largest absolute Gasteiger partial charge is 0.573 e. The number of aromatic carboxylic acids is 1. The van der Waals surface area contributed by atoms with Crippen LogP contribution in [0.3, 0.4) is 0 Å². The molecule has 0 saturated heterocycles. The molecular formula is C16H12F3NO6. The van der Waals surface area contributed by atoms with Gasteiger partial charge in [-0.1, -0.05) is 30.3 Å². The number of halogens is 3. The van der Waals surface area contributed by atoms with Gasteiger partial charge in [-0.05, 0) is 12.5 Å². The lowest BCUT2D eigenvalue weighted by Crippen LogP contribution is -2.19. The maximum atomic E-state index is 12.5. The fraction of sp³-hybridized carbons (Fsp3) is 0.188. The van der Waals surface area contributed by atoms with Crippen molar-refractivity contribution in [2.24, 2.45) is 0 Å². The Labute approximate surface area is 144 Å². The Balaban J connectivity index is 2.55. The van der Waals surface area contributed by atoms with Gasteiger partial charge in [-0.3, -0.25) is 10.1 Å². The van der Waals surface area contributed by atoms with Crippen molar-refractivity contribution in [3.05, 3.63) is 63.2 Å². The molecule has 0 fully saturated rings. The fourth-order valence-electron chi connectivity index (χ4n) is 2.22. The number of carboxylic acid groups (broad SMARTS) is 1. The number of nitrogens with zero attached hydrogens (tertiary/aromatic N) is 1. The van der Waals surface area contributed by atoms with Crippen LogP contribution in [0.2, 0.25) is 0 Å². The van der Waals surface area contributed by atoms with E-state index in [0.29, 0.717) is 11.6 Å². The van der Waals surface area contributed by atoms with Gasteiger partial charge in [0.25, 0.3) is 0 Å². The standard InChI is InChI=1S/C16H12F3NO6/c1-9-12(26-16(17,18)19)7-11(20(23)24)14(13(9)15(21)22)25-8-10-5-3-2-4-6-10/h2-7H,8H2,1H3,(H,21,22). The highest BCUT2D eigenvalue weighted by molar-refractivity contribution is 5.95. The summed E-state index contributed by atoms with van der Waals surface area (Å²) in [5.74, 6) is -3.30. The Bertz CT molecular complexity index is 836. The highest BCUT2D eigenvalue weighted by Crippen LogP contribution is 2.41. The smallest absolute Gasteiger partial charge is 0.481 e. The van der Waals surface area contributed by atoms with Gasteiger partial charge in [-0.2, -0.15) is 0 Å². The van der Waals surface area contributed by atoms with Gasteiger partial charge in [-0.25, -0.2) is 4.79 Å². The Kier molecular flexibility index (Phi) is 5.34. The molecule has 0 aromatic heterocycles. The summed E-state index contributed by atoms with van der Waals surface area (Å²) in [6, 6.07) is 8.85. The van der Waals surface area contributed by atoms with E-state index < -0.39 is 45.6 Å². The number of carboxylic acids is 1. The second kappa shape index (κ2) is 7.30. The van der Waals surface area contributed by atoms with Crippen LogP contribution in [0.1, 0.15) is 21.5 Å². The minimum Gasteiger partial charge on any atom is -0.481 e. The molecule has 0 radical (unpaired) electrons. The number of ether oxygens (including phenoxy) is 2. The van der Waals surface area contributed by atoms with E-state index in [2.05, 4.69) is 4.74 Å². The van der Waals surface area contributed by atoms with E-state index >= 15 is 0 Å². The highest BCUT2D eigenvalue weighted by Gasteiger charge is 2.36. The molecule has 7 nitrogen and oxygen atoms in total. The minimum atomic E-state index is -5.14. The third-order valence-corrected chi connectivity index (χ3v) is 3.33. The number of alkyl halides is 3. The van der Waals surface area contributed by atoms with E-state index in [1.165, 1.54) is 0 Å². The zero-order valence-corrected chi connectivity index (χ0v) is 13.2. The molecule has 26 heavy (non-hydrogen) atoms. The summed E-state index contributed by atoms with van der Waals surface area (Å²) in [7, 11) is 0. The lowest BCUT2D eigenvalue weighted by molar-refractivity contribution is -0.386. The Morgan fingerprint density at radius 1 is 1.27 bits per heavy atom. The number of carbonyl (C=O) groups is 1. The molecule has 2 rings (SSSR count). The molecule has 0 unspecified atom stereocenters. The molecule has 10 heteroatoms. The van der Waals surface area contributed by atoms with E-state index in [-0.39, 0.29) is 6.61 Å². The van der Waals surface area contributed by atoms with Crippen LogP contribution in [-0.4, -0.2) is 22.4 Å². The van der Waals surface area contributed by atoms with E-state index in [9.17, 15) is 33.2 Å². The van der Waals surface area contributed by atoms with Gasteiger partial charge >= 0.3 is 18.0 Å². The fourth-order valence-corrected chi connectivity index (χ4v) is 2.22. The van der Waals surface area contributed by atoms with Gasteiger partial charge in [0.05, 0.1) is 11.0 Å². The van der Waals surface area contributed by atoms with Crippen molar-refractivity contribution in [3.8, 4) is 11.5 Å². The molecule has 2 aromatic rings. The normalized spacial score (nSPS) is 11.1. The van der Waals surface area contributed by atoms with Crippen LogP contribution < -0.4 is 9.47 Å². The van der Waals surface area contributed by atoms with Crippen molar-refractivity contribution < 1.29 is 37.5 Å². The third kappa shape index (κ3) is 4.41.